The second kappa shape index (κ2) is 4.63. The van der Waals surface area contributed by atoms with E-state index in [2.05, 4.69) is 0 Å². The molecule has 0 aliphatic carbocycles. The molecule has 1 aliphatic heterocycles. The first-order chi connectivity index (χ1) is 8.08. The first-order valence-corrected chi connectivity index (χ1v) is 5.42. The Morgan fingerprint density at radius 2 is 1.94 bits per heavy atom. The van der Waals surface area contributed by atoms with Crippen molar-refractivity contribution in [3.05, 3.63) is 35.6 Å². The summed E-state index contributed by atoms with van der Waals surface area (Å²) in [5.74, 6) is -0.856. The number of carbonyl (C=O) groups is 2. The number of likely N-dealkylation sites (tertiary alicyclic amines) is 1. The third-order valence-electron chi connectivity index (χ3n) is 2.82. The standard InChI is InChI=1S/C12H13FN2O2/c13-9-3-1-8(2-4-9)5-6-15-11(16)7-10(14)12(15)17/h1-4,10H,5-7,14H2. The van der Waals surface area contributed by atoms with Crippen LogP contribution in [0.25, 0.3) is 0 Å². The number of hydrogen-bond donors (Lipinski definition) is 1. The van der Waals surface area contributed by atoms with Gasteiger partial charge in [-0.2, -0.15) is 0 Å². The number of nitrogens with two attached hydrogens (primary N) is 1. The molecular formula is C12H13FN2O2. The van der Waals surface area contributed by atoms with E-state index in [1.54, 1.807) is 12.1 Å². The molecule has 4 nitrogen and oxygen atoms in total. The minimum atomic E-state index is -0.698. The fourth-order valence-electron chi connectivity index (χ4n) is 1.84. The van der Waals surface area contributed by atoms with Crippen molar-refractivity contribution in [1.82, 2.24) is 4.90 Å². The zero-order valence-electron chi connectivity index (χ0n) is 9.23. The molecule has 90 valence electrons. The van der Waals surface area contributed by atoms with Crippen LogP contribution in [0.5, 0.6) is 0 Å². The molecule has 1 aliphatic rings. The van der Waals surface area contributed by atoms with Crippen LogP contribution in [0.4, 0.5) is 4.39 Å². The van der Waals surface area contributed by atoms with Crippen molar-refractivity contribution >= 4 is 11.8 Å². The molecule has 1 saturated heterocycles. The Balaban J connectivity index is 1.96. The molecule has 5 heteroatoms. The smallest absolute Gasteiger partial charge is 0.246 e. The van der Waals surface area contributed by atoms with Gasteiger partial charge >= 0.3 is 0 Å². The van der Waals surface area contributed by atoms with Crippen molar-refractivity contribution in [2.45, 2.75) is 18.9 Å². The molecule has 0 radical (unpaired) electrons. The first kappa shape index (κ1) is 11.7. The molecule has 2 N–H and O–H groups in total. The number of carbonyl (C=O) groups excluding carboxylic acids is 2. The summed E-state index contributed by atoms with van der Waals surface area (Å²) in [6.45, 7) is 0.303. The molecule has 0 saturated carbocycles. The SMILES string of the molecule is NC1CC(=O)N(CCc2ccc(F)cc2)C1=O. The largest absolute Gasteiger partial charge is 0.319 e. The van der Waals surface area contributed by atoms with Crippen molar-refractivity contribution < 1.29 is 14.0 Å². The number of benzene rings is 1. The summed E-state index contributed by atoms with van der Waals surface area (Å²) in [5.41, 5.74) is 6.37. The van der Waals surface area contributed by atoms with E-state index in [1.165, 1.54) is 17.0 Å². The van der Waals surface area contributed by atoms with Gasteiger partial charge in [0, 0.05) is 6.54 Å². The van der Waals surface area contributed by atoms with Crippen LogP contribution in [0.1, 0.15) is 12.0 Å². The molecule has 0 bridgehead atoms. The third-order valence-corrected chi connectivity index (χ3v) is 2.82. The van der Waals surface area contributed by atoms with Gasteiger partial charge in [0.1, 0.15) is 5.82 Å². The lowest BCUT2D eigenvalue weighted by atomic mass is 10.1. The molecule has 1 atom stereocenters. The highest BCUT2D eigenvalue weighted by Gasteiger charge is 2.35. The Kier molecular flexibility index (Phi) is 3.19. The minimum absolute atomic E-state index is 0.0856. The van der Waals surface area contributed by atoms with Crippen LogP contribution in [0.3, 0.4) is 0 Å². The Labute approximate surface area is 98.2 Å². The van der Waals surface area contributed by atoms with E-state index in [0.29, 0.717) is 13.0 Å². The van der Waals surface area contributed by atoms with Gasteiger partial charge < -0.3 is 5.73 Å². The van der Waals surface area contributed by atoms with Crippen molar-refractivity contribution in [3.63, 3.8) is 0 Å². The summed E-state index contributed by atoms with van der Waals surface area (Å²) in [6.07, 6.45) is 0.604. The van der Waals surface area contributed by atoms with Crippen molar-refractivity contribution in [2.75, 3.05) is 6.54 Å². The van der Waals surface area contributed by atoms with Gasteiger partial charge in [0.25, 0.3) is 0 Å². The van der Waals surface area contributed by atoms with Crippen molar-refractivity contribution in [3.8, 4) is 0 Å². The minimum Gasteiger partial charge on any atom is -0.319 e. The summed E-state index contributed by atoms with van der Waals surface area (Å²) in [7, 11) is 0. The maximum Gasteiger partial charge on any atom is 0.246 e. The lowest BCUT2D eigenvalue weighted by Gasteiger charge is -2.13. The molecule has 1 aromatic rings. The predicted molar refractivity (Wildman–Crippen MR) is 59.4 cm³/mol. The van der Waals surface area contributed by atoms with E-state index in [9.17, 15) is 14.0 Å². The fourth-order valence-corrected chi connectivity index (χ4v) is 1.84. The van der Waals surface area contributed by atoms with Gasteiger partial charge in [-0.25, -0.2) is 4.39 Å². The summed E-state index contributed by atoms with van der Waals surface area (Å²) in [4.78, 5) is 24.1. The number of halogens is 1. The maximum absolute atomic E-state index is 12.7. The lowest BCUT2D eigenvalue weighted by molar-refractivity contribution is -0.138. The van der Waals surface area contributed by atoms with Crippen molar-refractivity contribution in [2.24, 2.45) is 5.73 Å². The fraction of sp³-hybridized carbons (Fsp3) is 0.333. The number of amides is 2. The second-order valence-electron chi connectivity index (χ2n) is 4.07. The van der Waals surface area contributed by atoms with Gasteiger partial charge in [-0.3, -0.25) is 14.5 Å². The van der Waals surface area contributed by atoms with E-state index in [0.717, 1.165) is 5.56 Å². The molecular weight excluding hydrogens is 223 g/mol. The quantitative estimate of drug-likeness (QED) is 0.775. The van der Waals surface area contributed by atoms with Gasteiger partial charge in [0.15, 0.2) is 0 Å². The summed E-state index contributed by atoms with van der Waals surface area (Å²) < 4.78 is 12.7. The molecule has 17 heavy (non-hydrogen) atoms. The maximum atomic E-state index is 12.7. The van der Waals surface area contributed by atoms with Gasteiger partial charge in [0.2, 0.25) is 11.8 Å². The van der Waals surface area contributed by atoms with Crippen LogP contribution in [0.15, 0.2) is 24.3 Å². The van der Waals surface area contributed by atoms with E-state index in [1.807, 2.05) is 0 Å². The van der Waals surface area contributed by atoms with Crippen molar-refractivity contribution in [1.29, 1.82) is 0 Å². The Hall–Kier alpha value is -1.75. The highest BCUT2D eigenvalue weighted by molar-refractivity contribution is 6.05. The average molecular weight is 236 g/mol. The monoisotopic (exact) mass is 236 g/mol. The lowest BCUT2D eigenvalue weighted by Crippen LogP contribution is -2.36. The molecule has 0 aromatic heterocycles. The van der Waals surface area contributed by atoms with Crippen LogP contribution in [0.2, 0.25) is 0 Å². The van der Waals surface area contributed by atoms with Gasteiger partial charge in [0.05, 0.1) is 12.5 Å². The van der Waals surface area contributed by atoms with E-state index in [4.69, 9.17) is 5.73 Å². The van der Waals surface area contributed by atoms with Crippen LogP contribution in [-0.4, -0.2) is 29.3 Å². The van der Waals surface area contributed by atoms with E-state index < -0.39 is 6.04 Å². The van der Waals surface area contributed by atoms with Gasteiger partial charge in [-0.05, 0) is 24.1 Å². The average Bonchev–Trinajstić information content (AvgIpc) is 2.54. The normalized spacial score (nSPS) is 20.1. The molecule has 2 amide bonds. The topological polar surface area (TPSA) is 63.4 Å². The molecule has 1 unspecified atom stereocenters. The zero-order chi connectivity index (χ0) is 12.4. The number of nitrogens with zero attached hydrogens (tertiary/aromatic N) is 1. The van der Waals surface area contributed by atoms with E-state index in [-0.39, 0.29) is 24.1 Å². The molecule has 2 rings (SSSR count). The second-order valence-corrected chi connectivity index (χ2v) is 4.07. The summed E-state index contributed by atoms with van der Waals surface area (Å²) in [6, 6.07) is 5.29. The van der Waals surface area contributed by atoms with Crippen LogP contribution in [0, 0.1) is 5.82 Å². The molecule has 1 fully saturated rings. The third kappa shape index (κ3) is 2.50. The van der Waals surface area contributed by atoms with Gasteiger partial charge in [-0.1, -0.05) is 12.1 Å². The summed E-state index contributed by atoms with van der Waals surface area (Å²) >= 11 is 0. The summed E-state index contributed by atoms with van der Waals surface area (Å²) in [5, 5.41) is 0. The predicted octanol–water partition coefficient (Wildman–Crippen LogP) is 0.454. The number of hydrogen-bond acceptors (Lipinski definition) is 3. The van der Waals surface area contributed by atoms with Gasteiger partial charge in [-0.15, -0.1) is 0 Å². The van der Waals surface area contributed by atoms with Crippen LogP contribution < -0.4 is 5.73 Å². The molecule has 0 spiro atoms. The highest BCUT2D eigenvalue weighted by atomic mass is 19.1. The number of rotatable bonds is 3. The van der Waals surface area contributed by atoms with E-state index >= 15 is 0 Å². The Morgan fingerprint density at radius 3 is 2.47 bits per heavy atom. The molecule has 1 heterocycles. The Bertz CT molecular complexity index is 444. The zero-order valence-corrected chi connectivity index (χ0v) is 9.23. The van der Waals surface area contributed by atoms with Crippen LogP contribution >= 0.6 is 0 Å². The molecule has 1 aromatic carbocycles. The number of imide groups is 1. The highest BCUT2D eigenvalue weighted by Crippen LogP contribution is 2.12. The van der Waals surface area contributed by atoms with Crippen LogP contribution in [-0.2, 0) is 16.0 Å². The first-order valence-electron chi connectivity index (χ1n) is 5.42. The Morgan fingerprint density at radius 1 is 1.29 bits per heavy atom.